The first-order valence-corrected chi connectivity index (χ1v) is 7.83. The first-order valence-electron chi connectivity index (χ1n) is 6.64. The monoisotopic (exact) mass is 298 g/mol. The van der Waals surface area contributed by atoms with Gasteiger partial charge in [0.1, 0.15) is 15.6 Å². The standard InChI is InChI=1S/C14H19ClN2OS/c1-5-14(6-2,18-7-3)13-16-11(15)10-8-9(4)19-12(10)17-13/h8H,5-7H2,1-4H3. The third-order valence-corrected chi connectivity index (χ3v) is 4.67. The molecule has 3 nitrogen and oxygen atoms in total. The van der Waals surface area contributed by atoms with E-state index in [1.165, 1.54) is 4.88 Å². The van der Waals surface area contributed by atoms with E-state index in [-0.39, 0.29) is 0 Å². The molecular weight excluding hydrogens is 280 g/mol. The minimum absolute atomic E-state index is 0.426. The number of aromatic nitrogens is 2. The average Bonchev–Trinajstić information content (AvgIpc) is 2.77. The van der Waals surface area contributed by atoms with E-state index in [9.17, 15) is 0 Å². The predicted octanol–water partition coefficient (Wildman–Crippen LogP) is 4.70. The first kappa shape index (κ1) is 14.7. The Morgan fingerprint density at radius 3 is 2.53 bits per heavy atom. The molecule has 0 saturated carbocycles. The molecule has 0 N–H and O–H groups in total. The number of ether oxygens (including phenoxy) is 1. The van der Waals surface area contributed by atoms with Crippen molar-refractivity contribution in [1.29, 1.82) is 0 Å². The molecule has 2 rings (SSSR count). The summed E-state index contributed by atoms with van der Waals surface area (Å²) in [7, 11) is 0. The summed E-state index contributed by atoms with van der Waals surface area (Å²) in [6.45, 7) is 8.89. The summed E-state index contributed by atoms with van der Waals surface area (Å²) in [5.74, 6) is 0.707. The average molecular weight is 299 g/mol. The second-order valence-corrected chi connectivity index (χ2v) is 6.14. The van der Waals surface area contributed by atoms with E-state index in [1.54, 1.807) is 11.3 Å². The van der Waals surface area contributed by atoms with Gasteiger partial charge in [0, 0.05) is 16.9 Å². The molecule has 19 heavy (non-hydrogen) atoms. The quantitative estimate of drug-likeness (QED) is 0.750. The van der Waals surface area contributed by atoms with Crippen LogP contribution in [0.5, 0.6) is 0 Å². The fourth-order valence-corrected chi connectivity index (χ4v) is 3.48. The maximum absolute atomic E-state index is 6.30. The van der Waals surface area contributed by atoms with Crippen molar-refractivity contribution in [2.45, 2.75) is 46.1 Å². The van der Waals surface area contributed by atoms with Crippen LogP contribution in [0.25, 0.3) is 10.2 Å². The van der Waals surface area contributed by atoms with Crippen LogP contribution in [0.3, 0.4) is 0 Å². The zero-order chi connectivity index (χ0) is 14.0. The summed E-state index contributed by atoms with van der Waals surface area (Å²) >= 11 is 7.94. The van der Waals surface area contributed by atoms with Gasteiger partial charge in [-0.2, -0.15) is 0 Å². The van der Waals surface area contributed by atoms with Gasteiger partial charge in [-0.25, -0.2) is 9.97 Å². The molecule has 0 fully saturated rings. The number of nitrogens with zero attached hydrogens (tertiary/aromatic N) is 2. The number of rotatable bonds is 5. The Kier molecular flexibility index (Phi) is 4.43. The summed E-state index contributed by atoms with van der Waals surface area (Å²) < 4.78 is 5.95. The lowest BCUT2D eigenvalue weighted by Crippen LogP contribution is -2.30. The Bertz CT molecular complexity index is 578. The van der Waals surface area contributed by atoms with Crippen LogP contribution in [-0.2, 0) is 10.3 Å². The molecular formula is C14H19ClN2OS. The van der Waals surface area contributed by atoms with Crippen molar-refractivity contribution in [1.82, 2.24) is 9.97 Å². The molecule has 0 amide bonds. The number of hydrogen-bond acceptors (Lipinski definition) is 4. The topological polar surface area (TPSA) is 35.0 Å². The van der Waals surface area contributed by atoms with Gasteiger partial charge in [0.15, 0.2) is 5.82 Å². The molecule has 0 saturated heterocycles. The van der Waals surface area contributed by atoms with Crippen LogP contribution in [0, 0.1) is 6.92 Å². The molecule has 0 radical (unpaired) electrons. The normalized spacial score (nSPS) is 12.3. The van der Waals surface area contributed by atoms with Crippen molar-refractivity contribution in [3.63, 3.8) is 0 Å². The largest absolute Gasteiger partial charge is 0.367 e. The highest BCUT2D eigenvalue weighted by molar-refractivity contribution is 7.18. The molecule has 0 aliphatic heterocycles. The molecule has 0 spiro atoms. The third kappa shape index (κ3) is 2.62. The molecule has 104 valence electrons. The lowest BCUT2D eigenvalue weighted by molar-refractivity contribution is -0.0568. The van der Waals surface area contributed by atoms with Gasteiger partial charge in [0.05, 0.1) is 0 Å². The van der Waals surface area contributed by atoms with E-state index < -0.39 is 5.60 Å². The highest BCUT2D eigenvalue weighted by Gasteiger charge is 2.33. The Hall–Kier alpha value is -0.710. The SMILES string of the molecule is CCOC(CC)(CC)c1nc(Cl)c2cc(C)sc2n1. The lowest BCUT2D eigenvalue weighted by atomic mass is 9.96. The van der Waals surface area contributed by atoms with Crippen LogP contribution in [0.1, 0.15) is 44.3 Å². The highest BCUT2D eigenvalue weighted by Crippen LogP contribution is 2.35. The lowest BCUT2D eigenvalue weighted by Gasteiger charge is -2.29. The van der Waals surface area contributed by atoms with Gasteiger partial charge in [0.2, 0.25) is 0 Å². The van der Waals surface area contributed by atoms with E-state index in [0.717, 1.165) is 23.1 Å². The Labute approximate surface area is 123 Å². The smallest absolute Gasteiger partial charge is 0.163 e. The maximum atomic E-state index is 6.30. The number of thiophene rings is 1. The van der Waals surface area contributed by atoms with Crippen molar-refractivity contribution < 1.29 is 4.74 Å². The van der Waals surface area contributed by atoms with Gasteiger partial charge in [-0.05, 0) is 32.8 Å². The fraction of sp³-hybridized carbons (Fsp3) is 0.571. The van der Waals surface area contributed by atoms with Crippen molar-refractivity contribution in [2.24, 2.45) is 0 Å². The molecule has 0 aromatic carbocycles. The van der Waals surface area contributed by atoms with Crippen LogP contribution in [0.15, 0.2) is 6.07 Å². The number of aryl methyl sites for hydroxylation is 1. The maximum Gasteiger partial charge on any atom is 0.163 e. The van der Waals surface area contributed by atoms with E-state index in [1.807, 2.05) is 13.0 Å². The van der Waals surface area contributed by atoms with Gasteiger partial charge < -0.3 is 4.74 Å². The van der Waals surface area contributed by atoms with E-state index >= 15 is 0 Å². The summed E-state index contributed by atoms with van der Waals surface area (Å²) in [5, 5.41) is 1.46. The fourth-order valence-electron chi connectivity index (χ4n) is 2.32. The Morgan fingerprint density at radius 1 is 1.26 bits per heavy atom. The molecule has 0 aliphatic carbocycles. The summed E-state index contributed by atoms with van der Waals surface area (Å²) in [4.78, 5) is 11.3. The minimum Gasteiger partial charge on any atom is -0.367 e. The van der Waals surface area contributed by atoms with Crippen molar-refractivity contribution in [2.75, 3.05) is 6.61 Å². The number of halogens is 1. The molecule has 2 aromatic heterocycles. The van der Waals surface area contributed by atoms with E-state index in [4.69, 9.17) is 16.3 Å². The van der Waals surface area contributed by atoms with Crippen molar-refractivity contribution >= 4 is 33.2 Å². The molecule has 2 aromatic rings. The summed E-state index contributed by atoms with van der Waals surface area (Å²) in [6, 6.07) is 2.03. The molecule has 0 atom stereocenters. The van der Waals surface area contributed by atoms with Crippen molar-refractivity contribution in [3.05, 3.63) is 21.9 Å². The van der Waals surface area contributed by atoms with Gasteiger partial charge in [-0.3, -0.25) is 0 Å². The zero-order valence-corrected chi connectivity index (χ0v) is 13.4. The van der Waals surface area contributed by atoms with Crippen molar-refractivity contribution in [3.8, 4) is 0 Å². The summed E-state index contributed by atoms with van der Waals surface area (Å²) in [5.41, 5.74) is -0.426. The van der Waals surface area contributed by atoms with Crippen LogP contribution < -0.4 is 0 Å². The Balaban J connectivity index is 2.60. The summed E-state index contributed by atoms with van der Waals surface area (Å²) in [6.07, 6.45) is 1.67. The molecule has 2 heterocycles. The van der Waals surface area contributed by atoms with Crippen LogP contribution in [0.4, 0.5) is 0 Å². The van der Waals surface area contributed by atoms with Crippen LogP contribution in [0.2, 0.25) is 5.15 Å². The molecule has 5 heteroatoms. The number of fused-ring (bicyclic) bond motifs is 1. The minimum atomic E-state index is -0.426. The first-order chi connectivity index (χ1) is 9.06. The molecule has 0 aliphatic rings. The number of hydrogen-bond donors (Lipinski definition) is 0. The second-order valence-electron chi connectivity index (χ2n) is 4.55. The van der Waals surface area contributed by atoms with Crippen LogP contribution >= 0.6 is 22.9 Å². The van der Waals surface area contributed by atoms with E-state index in [2.05, 4.69) is 30.7 Å². The Morgan fingerprint density at radius 2 is 1.95 bits per heavy atom. The van der Waals surface area contributed by atoms with Gasteiger partial charge in [0.25, 0.3) is 0 Å². The third-order valence-electron chi connectivity index (χ3n) is 3.44. The van der Waals surface area contributed by atoms with Crippen LogP contribution in [-0.4, -0.2) is 16.6 Å². The van der Waals surface area contributed by atoms with Gasteiger partial charge in [-0.15, -0.1) is 11.3 Å². The predicted molar refractivity (Wildman–Crippen MR) is 81.0 cm³/mol. The molecule has 0 unspecified atom stereocenters. The van der Waals surface area contributed by atoms with Gasteiger partial charge >= 0.3 is 0 Å². The van der Waals surface area contributed by atoms with E-state index in [0.29, 0.717) is 17.6 Å². The second kappa shape index (κ2) is 5.73. The highest BCUT2D eigenvalue weighted by atomic mass is 35.5. The van der Waals surface area contributed by atoms with Gasteiger partial charge in [-0.1, -0.05) is 25.4 Å². The molecule has 0 bridgehead atoms. The zero-order valence-electron chi connectivity index (χ0n) is 11.8.